The minimum absolute atomic E-state index is 0.0586. The van der Waals surface area contributed by atoms with Crippen molar-refractivity contribution in [3.8, 4) is 5.75 Å². The van der Waals surface area contributed by atoms with Crippen molar-refractivity contribution in [3.63, 3.8) is 0 Å². The van der Waals surface area contributed by atoms with E-state index in [0.29, 0.717) is 18.7 Å². The van der Waals surface area contributed by atoms with Gasteiger partial charge in [0.1, 0.15) is 17.0 Å². The molecule has 35 heavy (non-hydrogen) atoms. The fourth-order valence-corrected chi connectivity index (χ4v) is 5.39. The third-order valence-electron chi connectivity index (χ3n) is 6.88. The van der Waals surface area contributed by atoms with Gasteiger partial charge in [-0.05, 0) is 44.4 Å². The van der Waals surface area contributed by atoms with Crippen LogP contribution >= 0.6 is 15.9 Å². The maximum absolute atomic E-state index is 13.6. The molecule has 10 heteroatoms. The predicted molar refractivity (Wildman–Crippen MR) is 134 cm³/mol. The Morgan fingerprint density at radius 2 is 2.03 bits per heavy atom. The minimum Gasteiger partial charge on any atom is -0.496 e. The van der Waals surface area contributed by atoms with Crippen LogP contribution in [0.3, 0.4) is 0 Å². The van der Waals surface area contributed by atoms with E-state index >= 15 is 0 Å². The number of halogens is 1. The van der Waals surface area contributed by atoms with Crippen molar-refractivity contribution in [2.24, 2.45) is 0 Å². The average molecular weight is 546 g/mol. The van der Waals surface area contributed by atoms with E-state index in [1.165, 1.54) is 6.33 Å². The third kappa shape index (κ3) is 4.94. The summed E-state index contributed by atoms with van der Waals surface area (Å²) in [6, 6.07) is 5.69. The lowest BCUT2D eigenvalue weighted by molar-refractivity contribution is -0.133. The summed E-state index contributed by atoms with van der Waals surface area (Å²) in [6.07, 6.45) is 6.31. The highest BCUT2D eigenvalue weighted by atomic mass is 79.9. The van der Waals surface area contributed by atoms with Crippen molar-refractivity contribution < 1.29 is 19.1 Å². The topological polar surface area (TPSA) is 106 Å². The Morgan fingerprint density at radius 1 is 1.29 bits per heavy atom. The minimum atomic E-state index is -1.05. The summed E-state index contributed by atoms with van der Waals surface area (Å²) in [7, 11) is 1.57. The summed E-state index contributed by atoms with van der Waals surface area (Å²) in [4.78, 5) is 46.0. The van der Waals surface area contributed by atoms with Gasteiger partial charge >= 0.3 is 0 Å². The highest BCUT2D eigenvalue weighted by Gasteiger charge is 2.48. The number of rotatable bonds is 8. The quantitative estimate of drug-likeness (QED) is 0.529. The normalized spacial score (nSPS) is 20.0. The Labute approximate surface area is 213 Å². The molecule has 0 unspecified atom stereocenters. The molecule has 2 aromatic rings. The molecule has 0 saturated heterocycles. The molecule has 0 spiro atoms. The van der Waals surface area contributed by atoms with Crippen LogP contribution in [0.25, 0.3) is 0 Å². The Morgan fingerprint density at radius 3 is 2.71 bits per heavy atom. The second-order valence-corrected chi connectivity index (χ2v) is 10.3. The maximum atomic E-state index is 13.6. The van der Waals surface area contributed by atoms with Crippen LogP contribution in [0.15, 0.2) is 29.0 Å². The number of imidazole rings is 1. The van der Waals surface area contributed by atoms with Crippen LogP contribution in [-0.4, -0.2) is 57.4 Å². The highest BCUT2D eigenvalue weighted by Crippen LogP contribution is 2.30. The number of nitrogens with one attached hydrogen (secondary N) is 2. The van der Waals surface area contributed by atoms with Gasteiger partial charge in [-0.1, -0.05) is 35.7 Å². The summed E-state index contributed by atoms with van der Waals surface area (Å²) in [5, 5.41) is 6.00. The molecule has 4 rings (SSSR count). The van der Waals surface area contributed by atoms with E-state index < -0.39 is 11.4 Å². The molecule has 1 atom stereocenters. The van der Waals surface area contributed by atoms with E-state index in [0.717, 1.165) is 35.7 Å². The summed E-state index contributed by atoms with van der Waals surface area (Å²) >= 11 is 3.43. The molecule has 2 N–H and O–H groups in total. The molecule has 0 radical (unpaired) electrons. The Kier molecular flexibility index (Phi) is 7.49. The van der Waals surface area contributed by atoms with Gasteiger partial charge in [0.2, 0.25) is 5.91 Å². The monoisotopic (exact) mass is 545 g/mol. The number of nitrogens with zero attached hydrogens (tertiary/aromatic N) is 3. The zero-order valence-corrected chi connectivity index (χ0v) is 22.0. The molecule has 2 aliphatic rings. The third-order valence-corrected chi connectivity index (χ3v) is 7.38. The van der Waals surface area contributed by atoms with E-state index in [1.54, 1.807) is 23.5 Å². The molecule has 9 nitrogen and oxygen atoms in total. The highest BCUT2D eigenvalue weighted by molar-refractivity contribution is 9.10. The molecule has 0 bridgehead atoms. The average Bonchev–Trinajstić information content (AvgIpc) is 3.50. The van der Waals surface area contributed by atoms with Crippen LogP contribution in [0.5, 0.6) is 5.75 Å². The van der Waals surface area contributed by atoms with Crippen molar-refractivity contribution in [2.45, 2.75) is 70.6 Å². The largest absolute Gasteiger partial charge is 0.496 e. The van der Waals surface area contributed by atoms with Crippen molar-refractivity contribution in [1.82, 2.24) is 25.1 Å². The molecule has 2 heterocycles. The molecule has 3 amide bonds. The fourth-order valence-electron chi connectivity index (χ4n) is 4.98. The second kappa shape index (κ2) is 10.4. The summed E-state index contributed by atoms with van der Waals surface area (Å²) < 4.78 is 7.87. The van der Waals surface area contributed by atoms with E-state index in [1.807, 2.05) is 25.1 Å². The number of hydrogen-bond donors (Lipinski definition) is 2. The van der Waals surface area contributed by atoms with Gasteiger partial charge in [0.25, 0.3) is 11.8 Å². The Hall–Kier alpha value is -2.88. The van der Waals surface area contributed by atoms with Gasteiger partial charge in [-0.25, -0.2) is 4.98 Å². The van der Waals surface area contributed by atoms with Gasteiger partial charge in [0.05, 0.1) is 20.0 Å². The SMILES string of the molecule is CCCN1C(=O)c2c(C(=O)NCc3cc(Br)ccc3OC)ncn2C[C@@]1(C)C(=O)NC1CCCC1. The zero-order chi connectivity index (χ0) is 25.2. The number of hydrogen-bond acceptors (Lipinski definition) is 5. The second-order valence-electron chi connectivity index (χ2n) is 9.39. The van der Waals surface area contributed by atoms with Gasteiger partial charge in [-0.3, -0.25) is 14.4 Å². The van der Waals surface area contributed by atoms with E-state index in [-0.39, 0.29) is 42.3 Å². The first-order valence-corrected chi connectivity index (χ1v) is 12.9. The van der Waals surface area contributed by atoms with Crippen molar-refractivity contribution in [3.05, 3.63) is 46.0 Å². The van der Waals surface area contributed by atoms with Gasteiger partial charge in [-0.2, -0.15) is 0 Å². The van der Waals surface area contributed by atoms with Crippen LogP contribution in [0.2, 0.25) is 0 Å². The smallest absolute Gasteiger partial charge is 0.273 e. The molecule has 1 aliphatic carbocycles. The maximum Gasteiger partial charge on any atom is 0.273 e. The van der Waals surface area contributed by atoms with Gasteiger partial charge in [0, 0.05) is 29.2 Å². The molecule has 188 valence electrons. The summed E-state index contributed by atoms with van der Waals surface area (Å²) in [6.45, 7) is 4.63. The standard InChI is InChI=1S/C25H32BrN5O4/c1-4-11-31-23(33)21-20(22(32)27-13-16-12-17(26)9-10-19(16)35-3)28-15-30(21)14-25(31,2)24(34)29-18-7-5-6-8-18/h9-10,12,15,18H,4-8,11,13-14H2,1-3H3,(H,27,32)(H,29,34)/t25-/m0/s1. The van der Waals surface area contributed by atoms with Crippen LogP contribution in [0.4, 0.5) is 0 Å². The number of ether oxygens (including phenoxy) is 1. The molecular weight excluding hydrogens is 514 g/mol. The number of methoxy groups -OCH3 is 1. The number of aromatic nitrogens is 2. The number of benzene rings is 1. The van der Waals surface area contributed by atoms with Crippen LogP contribution < -0.4 is 15.4 Å². The fraction of sp³-hybridized carbons (Fsp3) is 0.520. The van der Waals surface area contributed by atoms with Crippen LogP contribution in [0, 0.1) is 0 Å². The van der Waals surface area contributed by atoms with Gasteiger partial charge < -0.3 is 24.8 Å². The van der Waals surface area contributed by atoms with Crippen LogP contribution in [-0.2, 0) is 17.9 Å². The van der Waals surface area contributed by atoms with E-state index in [4.69, 9.17) is 4.74 Å². The van der Waals surface area contributed by atoms with E-state index in [9.17, 15) is 14.4 Å². The molecule has 1 fully saturated rings. The number of fused-ring (bicyclic) bond motifs is 1. The first-order chi connectivity index (χ1) is 16.8. The Balaban J connectivity index is 1.57. The lowest BCUT2D eigenvalue weighted by Gasteiger charge is -2.44. The lowest BCUT2D eigenvalue weighted by atomic mass is 9.93. The van der Waals surface area contributed by atoms with Gasteiger partial charge in [-0.15, -0.1) is 0 Å². The molecule has 1 aliphatic heterocycles. The Bertz CT molecular complexity index is 1130. The van der Waals surface area contributed by atoms with Crippen LogP contribution in [0.1, 0.15) is 72.5 Å². The van der Waals surface area contributed by atoms with Gasteiger partial charge in [0.15, 0.2) is 5.69 Å². The summed E-state index contributed by atoms with van der Waals surface area (Å²) in [5.74, 6) is -0.317. The first kappa shape index (κ1) is 25.2. The zero-order valence-electron chi connectivity index (χ0n) is 20.4. The predicted octanol–water partition coefficient (Wildman–Crippen LogP) is 3.27. The first-order valence-electron chi connectivity index (χ1n) is 12.1. The molecule has 1 aromatic carbocycles. The lowest BCUT2D eigenvalue weighted by Crippen LogP contribution is -2.65. The van der Waals surface area contributed by atoms with Crippen molar-refractivity contribution in [1.29, 1.82) is 0 Å². The number of carbonyl (C=O) groups excluding carboxylic acids is 3. The van der Waals surface area contributed by atoms with Crippen molar-refractivity contribution >= 4 is 33.7 Å². The summed E-state index contributed by atoms with van der Waals surface area (Å²) in [5.41, 5.74) is 0.00545. The van der Waals surface area contributed by atoms with E-state index in [2.05, 4.69) is 31.5 Å². The van der Waals surface area contributed by atoms with Crippen molar-refractivity contribution in [2.75, 3.05) is 13.7 Å². The number of carbonyl (C=O) groups is 3. The molecule has 1 aromatic heterocycles. The number of amides is 3. The molecular formula is C25H32BrN5O4. The molecule has 1 saturated carbocycles.